The summed E-state index contributed by atoms with van der Waals surface area (Å²) in [4.78, 5) is 18.0. The molecule has 0 bridgehead atoms. The van der Waals surface area contributed by atoms with E-state index in [1.165, 1.54) is 12.1 Å². The molecule has 9 nitrogen and oxygen atoms in total. The Labute approximate surface area is 199 Å². The van der Waals surface area contributed by atoms with E-state index >= 15 is 0 Å². The Bertz CT molecular complexity index is 988. The summed E-state index contributed by atoms with van der Waals surface area (Å²) in [7, 11) is 0. The third-order valence-electron chi connectivity index (χ3n) is 6.60. The third kappa shape index (κ3) is 5.52. The van der Waals surface area contributed by atoms with E-state index in [1.807, 2.05) is 5.01 Å². The van der Waals surface area contributed by atoms with Gasteiger partial charge in [-0.05, 0) is 37.0 Å². The van der Waals surface area contributed by atoms with Crippen molar-refractivity contribution in [1.82, 2.24) is 30.2 Å². The number of aliphatic imine (C=N–C) groups is 1. The lowest BCUT2D eigenvalue weighted by Gasteiger charge is -2.49. The minimum atomic E-state index is -0.225. The maximum atomic E-state index is 13.2. The highest BCUT2D eigenvalue weighted by Crippen LogP contribution is 2.25. The summed E-state index contributed by atoms with van der Waals surface area (Å²) in [5.41, 5.74) is 4.46. The second-order valence-corrected chi connectivity index (χ2v) is 8.97. The van der Waals surface area contributed by atoms with E-state index in [9.17, 15) is 9.50 Å². The summed E-state index contributed by atoms with van der Waals surface area (Å²) < 4.78 is 13.2. The molecule has 5 rings (SSSR count). The van der Waals surface area contributed by atoms with E-state index in [4.69, 9.17) is 4.99 Å². The maximum absolute atomic E-state index is 13.2. The van der Waals surface area contributed by atoms with Crippen molar-refractivity contribution in [3.05, 3.63) is 66.1 Å². The average Bonchev–Trinajstić information content (AvgIpc) is 2.82. The molecule has 0 aliphatic carbocycles. The van der Waals surface area contributed by atoms with Crippen LogP contribution in [0.15, 0.2) is 59.7 Å². The Morgan fingerprint density at radius 2 is 1.88 bits per heavy atom. The van der Waals surface area contributed by atoms with Crippen LogP contribution in [0.4, 0.5) is 10.2 Å². The Morgan fingerprint density at radius 3 is 2.62 bits per heavy atom. The van der Waals surface area contributed by atoms with Gasteiger partial charge in [-0.15, -0.1) is 0 Å². The molecule has 0 spiro atoms. The summed E-state index contributed by atoms with van der Waals surface area (Å²) in [6.07, 6.45) is 11.0. The average molecular weight is 467 g/mol. The van der Waals surface area contributed by atoms with Gasteiger partial charge in [-0.2, -0.15) is 0 Å². The number of nitrogens with zero attached hydrogens (tertiary/aromatic N) is 6. The van der Waals surface area contributed by atoms with Crippen LogP contribution in [0.25, 0.3) is 0 Å². The summed E-state index contributed by atoms with van der Waals surface area (Å²) in [5.74, 6) is 1.39. The molecule has 10 heteroatoms. The molecule has 3 aliphatic heterocycles. The normalized spacial score (nSPS) is 21.9. The fraction of sp³-hybridized carbons (Fsp3) is 0.458. The van der Waals surface area contributed by atoms with Crippen molar-refractivity contribution in [2.24, 2.45) is 4.99 Å². The van der Waals surface area contributed by atoms with E-state index in [-0.39, 0.29) is 18.1 Å². The van der Waals surface area contributed by atoms with Gasteiger partial charge in [0.2, 0.25) is 0 Å². The van der Waals surface area contributed by atoms with Gasteiger partial charge in [-0.1, -0.05) is 12.1 Å². The molecule has 4 heterocycles. The molecular formula is C24H31FN8O. The van der Waals surface area contributed by atoms with Crippen LogP contribution in [0.5, 0.6) is 0 Å². The number of aliphatic hydroxyl groups is 1. The largest absolute Gasteiger partial charge is 0.393 e. The number of aliphatic hydroxyl groups excluding tert-OH is 1. The van der Waals surface area contributed by atoms with Gasteiger partial charge in [0.25, 0.3) is 0 Å². The SMILES string of the molecule is OC1CCN(C2CN(C3=C[C@@H](Nc4cnccn4)N(NCCc4ccc(F)cc4)C=N3)C2)CC1. The van der Waals surface area contributed by atoms with Crippen LogP contribution in [-0.4, -0.2) is 87.3 Å². The highest BCUT2D eigenvalue weighted by Gasteiger charge is 2.35. The molecule has 0 amide bonds. The van der Waals surface area contributed by atoms with Crippen LogP contribution in [0, 0.1) is 5.82 Å². The molecule has 1 aromatic heterocycles. The minimum absolute atomic E-state index is 0.146. The summed E-state index contributed by atoms with van der Waals surface area (Å²) in [6.45, 7) is 4.48. The van der Waals surface area contributed by atoms with Crippen LogP contribution in [0.3, 0.4) is 0 Å². The first-order valence-corrected chi connectivity index (χ1v) is 11.9. The Hall–Kier alpha value is -3.08. The first kappa shape index (κ1) is 22.7. The molecule has 0 radical (unpaired) electrons. The third-order valence-corrected chi connectivity index (χ3v) is 6.60. The molecule has 2 saturated heterocycles. The molecular weight excluding hydrogens is 435 g/mol. The number of hydrogen-bond donors (Lipinski definition) is 3. The number of hydrazine groups is 1. The summed E-state index contributed by atoms with van der Waals surface area (Å²) >= 11 is 0. The summed E-state index contributed by atoms with van der Waals surface area (Å²) in [5, 5.41) is 15.1. The van der Waals surface area contributed by atoms with E-state index in [0.29, 0.717) is 18.4 Å². The molecule has 34 heavy (non-hydrogen) atoms. The van der Waals surface area contributed by atoms with Gasteiger partial charge in [0.15, 0.2) is 0 Å². The predicted molar refractivity (Wildman–Crippen MR) is 128 cm³/mol. The Morgan fingerprint density at radius 1 is 1.09 bits per heavy atom. The van der Waals surface area contributed by atoms with Crippen molar-refractivity contribution in [3.8, 4) is 0 Å². The molecule has 2 fully saturated rings. The topological polar surface area (TPSA) is 92.2 Å². The van der Waals surface area contributed by atoms with Crippen LogP contribution in [0.2, 0.25) is 0 Å². The molecule has 3 N–H and O–H groups in total. The van der Waals surface area contributed by atoms with Gasteiger partial charge < -0.3 is 15.3 Å². The smallest absolute Gasteiger partial charge is 0.146 e. The first-order chi connectivity index (χ1) is 16.6. The zero-order valence-corrected chi connectivity index (χ0v) is 19.1. The maximum Gasteiger partial charge on any atom is 0.146 e. The lowest BCUT2D eigenvalue weighted by Crippen LogP contribution is -2.61. The molecule has 0 saturated carbocycles. The number of likely N-dealkylation sites (tertiary alicyclic amines) is 2. The van der Waals surface area contributed by atoms with Gasteiger partial charge in [-0.3, -0.25) is 14.9 Å². The highest BCUT2D eigenvalue weighted by atomic mass is 19.1. The van der Waals surface area contributed by atoms with Crippen molar-refractivity contribution < 1.29 is 9.50 Å². The monoisotopic (exact) mass is 466 g/mol. The fourth-order valence-corrected chi connectivity index (χ4v) is 4.53. The van der Waals surface area contributed by atoms with Gasteiger partial charge in [-0.25, -0.2) is 19.8 Å². The van der Waals surface area contributed by atoms with E-state index in [0.717, 1.165) is 56.8 Å². The van der Waals surface area contributed by atoms with Gasteiger partial charge in [0.05, 0.1) is 12.3 Å². The van der Waals surface area contributed by atoms with Gasteiger partial charge in [0, 0.05) is 57.2 Å². The van der Waals surface area contributed by atoms with Crippen molar-refractivity contribution in [2.45, 2.75) is 37.6 Å². The second-order valence-electron chi connectivity index (χ2n) is 8.97. The van der Waals surface area contributed by atoms with Crippen LogP contribution in [0.1, 0.15) is 18.4 Å². The number of halogens is 1. The van der Waals surface area contributed by atoms with Gasteiger partial charge in [0.1, 0.15) is 30.0 Å². The Kier molecular flexibility index (Phi) is 6.98. The second kappa shape index (κ2) is 10.5. The van der Waals surface area contributed by atoms with Crippen molar-refractivity contribution >= 4 is 12.2 Å². The molecule has 1 atom stereocenters. The zero-order chi connectivity index (χ0) is 23.3. The number of anilines is 1. The van der Waals surface area contributed by atoms with E-state index < -0.39 is 0 Å². The number of piperidine rings is 1. The van der Waals surface area contributed by atoms with Crippen LogP contribution in [-0.2, 0) is 6.42 Å². The van der Waals surface area contributed by atoms with E-state index in [2.05, 4.69) is 36.6 Å². The quantitative estimate of drug-likeness (QED) is 0.538. The molecule has 180 valence electrons. The minimum Gasteiger partial charge on any atom is -0.393 e. The fourth-order valence-electron chi connectivity index (χ4n) is 4.53. The predicted octanol–water partition coefficient (Wildman–Crippen LogP) is 1.43. The molecule has 2 aromatic rings. The van der Waals surface area contributed by atoms with Crippen LogP contribution < -0.4 is 10.7 Å². The lowest BCUT2D eigenvalue weighted by molar-refractivity contribution is 0.00790. The lowest BCUT2D eigenvalue weighted by atomic mass is 10.0. The zero-order valence-electron chi connectivity index (χ0n) is 19.1. The van der Waals surface area contributed by atoms with Crippen molar-refractivity contribution in [3.63, 3.8) is 0 Å². The highest BCUT2D eigenvalue weighted by molar-refractivity contribution is 5.60. The molecule has 0 unspecified atom stereocenters. The standard InChI is InChI=1S/C24H31FN8O/c25-19-3-1-18(2-4-19)5-8-29-33-17-28-23(13-24(33)30-22-14-26-9-10-27-22)32-15-20(16-32)31-11-6-21(34)7-12-31/h1-4,9-10,13-14,17,20-21,24,29,34H,5-8,11-12,15-16H2,(H,27,30)/t24-/m0/s1. The summed E-state index contributed by atoms with van der Waals surface area (Å²) in [6, 6.07) is 7.09. The number of benzene rings is 1. The van der Waals surface area contributed by atoms with Crippen LogP contribution >= 0.6 is 0 Å². The first-order valence-electron chi connectivity index (χ1n) is 11.9. The number of aromatic nitrogens is 2. The van der Waals surface area contributed by atoms with Crippen molar-refractivity contribution in [2.75, 3.05) is 38.0 Å². The number of rotatable bonds is 8. The van der Waals surface area contributed by atoms with Crippen molar-refractivity contribution in [1.29, 1.82) is 0 Å². The number of hydrogen-bond acceptors (Lipinski definition) is 9. The molecule has 3 aliphatic rings. The van der Waals surface area contributed by atoms with E-state index in [1.54, 1.807) is 37.1 Å². The van der Waals surface area contributed by atoms with Gasteiger partial charge >= 0.3 is 0 Å². The molecule has 1 aromatic carbocycles. The Balaban J connectivity index is 1.20. The number of nitrogens with one attached hydrogen (secondary N) is 2.